The minimum atomic E-state index is -3.63. The van der Waals surface area contributed by atoms with Gasteiger partial charge in [0.25, 0.3) is 0 Å². The first kappa shape index (κ1) is 19.8. The minimum Gasteiger partial charge on any atom is -0.409 e. The van der Waals surface area contributed by atoms with E-state index in [1.54, 1.807) is 18.2 Å². The molecule has 3 rings (SSSR count). The number of amides is 1. The van der Waals surface area contributed by atoms with Crippen molar-refractivity contribution in [2.75, 3.05) is 6.61 Å². The molecule has 1 aliphatic heterocycles. The van der Waals surface area contributed by atoms with E-state index < -0.39 is 20.7 Å². The van der Waals surface area contributed by atoms with Crippen LogP contribution >= 0.6 is 0 Å². The number of nitrogens with zero attached hydrogens (tertiary/aromatic N) is 1. The zero-order valence-corrected chi connectivity index (χ0v) is 16.5. The first-order valence-electron chi connectivity index (χ1n) is 9.28. The van der Waals surface area contributed by atoms with E-state index in [1.807, 2.05) is 19.9 Å². The van der Waals surface area contributed by atoms with Gasteiger partial charge in [0, 0.05) is 18.9 Å². The Morgan fingerprint density at radius 1 is 1.41 bits per heavy atom. The molecule has 0 radical (unpaired) electrons. The number of amidine groups is 1. The maximum absolute atomic E-state index is 13.4. The van der Waals surface area contributed by atoms with Gasteiger partial charge >= 0.3 is 0 Å². The Morgan fingerprint density at radius 2 is 2.15 bits per heavy atom. The van der Waals surface area contributed by atoms with Crippen molar-refractivity contribution in [2.24, 2.45) is 11.1 Å². The van der Waals surface area contributed by atoms with Gasteiger partial charge in [-0.1, -0.05) is 24.2 Å². The maximum Gasteiger partial charge on any atom is 0.228 e. The van der Waals surface area contributed by atoms with Crippen molar-refractivity contribution in [3.05, 3.63) is 29.8 Å². The molecular formula is C19H26N2O5S. The van der Waals surface area contributed by atoms with Crippen molar-refractivity contribution in [1.29, 1.82) is 0 Å². The molecule has 1 heterocycles. The van der Waals surface area contributed by atoms with Crippen LogP contribution in [0.5, 0.6) is 0 Å². The lowest BCUT2D eigenvalue weighted by molar-refractivity contribution is -0.121. The monoisotopic (exact) mass is 394 g/mol. The summed E-state index contributed by atoms with van der Waals surface area (Å²) in [5, 5.41) is 15.2. The van der Waals surface area contributed by atoms with E-state index in [-0.39, 0.29) is 35.6 Å². The lowest BCUT2D eigenvalue weighted by Gasteiger charge is -2.39. The Morgan fingerprint density at radius 3 is 2.74 bits per heavy atom. The Hall–Kier alpha value is -1.93. The molecule has 0 bridgehead atoms. The summed E-state index contributed by atoms with van der Waals surface area (Å²) in [6, 6.07) is 6.88. The predicted octanol–water partition coefficient (Wildman–Crippen LogP) is 2.41. The topological polar surface area (TPSA) is 105 Å². The molecule has 0 spiro atoms. The average Bonchev–Trinajstić information content (AvgIpc) is 3.51. The molecule has 2 fully saturated rings. The van der Waals surface area contributed by atoms with Crippen LogP contribution in [0.25, 0.3) is 0 Å². The molecule has 7 nitrogen and oxygen atoms in total. The number of sulfone groups is 1. The maximum atomic E-state index is 13.4. The molecule has 8 heteroatoms. The SMILES string of the molecule is CCC1(S(=O)(=O)c2cccc(C)c2)CCOC(/C(=N/O)NC(=O)C2CC2)C1. The van der Waals surface area contributed by atoms with Gasteiger partial charge in [-0.05, 0) is 50.3 Å². The van der Waals surface area contributed by atoms with Crippen LogP contribution in [0.2, 0.25) is 0 Å². The average molecular weight is 394 g/mol. The first-order chi connectivity index (χ1) is 12.8. The number of ether oxygens (including phenoxy) is 1. The lowest BCUT2D eigenvalue weighted by Crippen LogP contribution is -2.52. The van der Waals surface area contributed by atoms with Crippen LogP contribution in [-0.4, -0.2) is 42.8 Å². The fourth-order valence-corrected chi connectivity index (χ4v) is 5.79. The van der Waals surface area contributed by atoms with Gasteiger partial charge in [-0.2, -0.15) is 0 Å². The highest BCUT2D eigenvalue weighted by molar-refractivity contribution is 7.92. The summed E-state index contributed by atoms with van der Waals surface area (Å²) in [5.41, 5.74) is 0.875. The van der Waals surface area contributed by atoms with Crippen LogP contribution in [0.4, 0.5) is 0 Å². The number of hydrogen-bond donors (Lipinski definition) is 2. The Labute approximate surface area is 159 Å². The fraction of sp³-hybridized carbons (Fsp3) is 0.579. The smallest absolute Gasteiger partial charge is 0.228 e. The van der Waals surface area contributed by atoms with Crippen LogP contribution in [0.1, 0.15) is 44.6 Å². The number of nitrogens with one attached hydrogen (secondary N) is 1. The molecule has 148 valence electrons. The number of oxime groups is 1. The molecule has 2 unspecified atom stereocenters. The minimum absolute atomic E-state index is 0.0103. The van der Waals surface area contributed by atoms with Gasteiger partial charge in [0.1, 0.15) is 6.10 Å². The van der Waals surface area contributed by atoms with Gasteiger partial charge in [-0.25, -0.2) is 8.42 Å². The number of rotatable bonds is 5. The predicted molar refractivity (Wildman–Crippen MR) is 100 cm³/mol. The molecule has 2 atom stereocenters. The van der Waals surface area contributed by atoms with Crippen LogP contribution in [-0.2, 0) is 19.4 Å². The number of aryl methyl sites for hydroxylation is 1. The number of benzene rings is 1. The molecule has 0 aromatic heterocycles. The second-order valence-corrected chi connectivity index (χ2v) is 9.76. The highest BCUT2D eigenvalue weighted by Crippen LogP contribution is 2.40. The summed E-state index contributed by atoms with van der Waals surface area (Å²) in [5.74, 6) is -0.276. The number of carbonyl (C=O) groups is 1. The Balaban J connectivity index is 1.87. The molecule has 1 saturated heterocycles. The lowest BCUT2D eigenvalue weighted by atomic mass is 9.91. The van der Waals surface area contributed by atoms with E-state index in [4.69, 9.17) is 4.74 Å². The summed E-state index contributed by atoms with van der Waals surface area (Å²) in [6.07, 6.45) is 1.74. The van der Waals surface area contributed by atoms with E-state index in [1.165, 1.54) is 0 Å². The highest BCUT2D eigenvalue weighted by Gasteiger charge is 2.48. The summed E-state index contributed by atoms with van der Waals surface area (Å²) in [6.45, 7) is 3.91. The molecule has 2 N–H and O–H groups in total. The van der Waals surface area contributed by atoms with E-state index in [2.05, 4.69) is 10.5 Å². The highest BCUT2D eigenvalue weighted by atomic mass is 32.2. The summed E-state index contributed by atoms with van der Waals surface area (Å²) in [4.78, 5) is 12.3. The number of hydrogen-bond acceptors (Lipinski definition) is 6. The van der Waals surface area contributed by atoms with Gasteiger partial charge in [0.2, 0.25) is 5.91 Å². The zero-order chi connectivity index (χ0) is 19.7. The second-order valence-electron chi connectivity index (χ2n) is 7.42. The summed E-state index contributed by atoms with van der Waals surface area (Å²) < 4.78 is 31.5. The molecule has 2 aliphatic rings. The van der Waals surface area contributed by atoms with Crippen molar-refractivity contribution in [2.45, 2.75) is 61.7 Å². The third-order valence-corrected chi connectivity index (χ3v) is 8.23. The third-order valence-electron chi connectivity index (χ3n) is 5.56. The Bertz CT molecular complexity index is 847. The van der Waals surface area contributed by atoms with E-state index in [9.17, 15) is 18.4 Å². The van der Waals surface area contributed by atoms with E-state index in [0.717, 1.165) is 18.4 Å². The second kappa shape index (κ2) is 7.59. The van der Waals surface area contributed by atoms with Gasteiger partial charge < -0.3 is 15.3 Å². The summed E-state index contributed by atoms with van der Waals surface area (Å²) >= 11 is 0. The van der Waals surface area contributed by atoms with Crippen molar-refractivity contribution in [1.82, 2.24) is 5.32 Å². The van der Waals surface area contributed by atoms with Gasteiger partial charge in [0.05, 0.1) is 9.64 Å². The van der Waals surface area contributed by atoms with Crippen molar-refractivity contribution >= 4 is 21.6 Å². The molecule has 27 heavy (non-hydrogen) atoms. The molecular weight excluding hydrogens is 368 g/mol. The third kappa shape index (κ3) is 3.87. The normalized spacial score (nSPS) is 26.6. The van der Waals surface area contributed by atoms with E-state index in [0.29, 0.717) is 12.8 Å². The summed E-state index contributed by atoms with van der Waals surface area (Å²) in [7, 11) is -3.63. The number of carbonyl (C=O) groups excluding carboxylic acids is 1. The molecule has 1 aromatic carbocycles. The van der Waals surface area contributed by atoms with Crippen LogP contribution in [0, 0.1) is 12.8 Å². The van der Waals surface area contributed by atoms with Crippen LogP contribution in [0.15, 0.2) is 34.3 Å². The van der Waals surface area contributed by atoms with E-state index >= 15 is 0 Å². The fourth-order valence-electron chi connectivity index (χ4n) is 3.59. The van der Waals surface area contributed by atoms with Crippen molar-refractivity contribution in [3.8, 4) is 0 Å². The molecule has 1 saturated carbocycles. The van der Waals surface area contributed by atoms with Crippen molar-refractivity contribution in [3.63, 3.8) is 0 Å². The van der Waals surface area contributed by atoms with Crippen molar-refractivity contribution < 1.29 is 23.2 Å². The zero-order valence-electron chi connectivity index (χ0n) is 15.6. The van der Waals surface area contributed by atoms with Crippen LogP contribution < -0.4 is 5.32 Å². The standard InChI is InChI=1S/C19H26N2O5S/c1-3-19(27(24,25)15-6-4-5-13(2)11-15)9-10-26-16(12-19)17(21-23)20-18(22)14-7-8-14/h4-6,11,14,16,23H,3,7-10,12H2,1-2H3,(H,20,21,22). The Kier molecular flexibility index (Phi) is 5.58. The quantitative estimate of drug-likeness (QED) is 0.345. The van der Waals surface area contributed by atoms with Gasteiger partial charge in [0.15, 0.2) is 15.7 Å². The molecule has 1 amide bonds. The molecule has 1 aliphatic carbocycles. The first-order valence-corrected chi connectivity index (χ1v) is 10.8. The largest absolute Gasteiger partial charge is 0.409 e. The van der Waals surface area contributed by atoms with Gasteiger partial charge in [-0.15, -0.1) is 0 Å². The molecule has 1 aromatic rings. The van der Waals surface area contributed by atoms with Gasteiger partial charge in [-0.3, -0.25) is 4.79 Å². The van der Waals surface area contributed by atoms with Crippen LogP contribution in [0.3, 0.4) is 0 Å².